The molecule has 0 N–H and O–H groups in total. The summed E-state index contributed by atoms with van der Waals surface area (Å²) in [5, 5.41) is 0. The van der Waals surface area contributed by atoms with Gasteiger partial charge in [-0.1, -0.05) is 6.92 Å². The van der Waals surface area contributed by atoms with E-state index in [1.807, 2.05) is 6.92 Å². The quantitative estimate of drug-likeness (QED) is 0.577. The summed E-state index contributed by atoms with van der Waals surface area (Å²) < 4.78 is 31.6. The number of halogens is 3. The maximum absolute atomic E-state index is 13.3. The molecule has 0 unspecified atom stereocenters. The Morgan fingerprint density at radius 1 is 1.16 bits per heavy atom. The van der Waals surface area contributed by atoms with E-state index in [1.54, 1.807) is 18.2 Å². The molecule has 0 amide bonds. The molecule has 2 rings (SSSR count). The molecule has 2 aromatic rings. The Balaban J connectivity index is 0.00000162. The van der Waals surface area contributed by atoms with Gasteiger partial charge < -0.3 is 21.7 Å². The zero-order valence-electron chi connectivity index (χ0n) is 10.4. The maximum atomic E-state index is 13.3. The summed E-state index contributed by atoms with van der Waals surface area (Å²) in [5.41, 5.74) is 1.14. The minimum atomic E-state index is -0.470. The van der Waals surface area contributed by atoms with Crippen molar-refractivity contribution in [2.24, 2.45) is 0 Å². The van der Waals surface area contributed by atoms with Crippen molar-refractivity contribution >= 4 is 23.1 Å². The van der Waals surface area contributed by atoms with Gasteiger partial charge in [-0.2, -0.15) is 17.7 Å². The third kappa shape index (κ3) is 5.46. The largest absolute Gasteiger partial charge is 2.00 e. The van der Waals surface area contributed by atoms with Crippen LogP contribution in [0.3, 0.4) is 0 Å². The summed E-state index contributed by atoms with van der Waals surface area (Å²) in [6.07, 6.45) is 0. The molecule has 0 atom stereocenters. The van der Waals surface area contributed by atoms with Crippen LogP contribution in [0.25, 0.3) is 0 Å². The summed E-state index contributed by atoms with van der Waals surface area (Å²) in [7, 11) is 0. The fourth-order valence-electron chi connectivity index (χ4n) is 1.46. The number of ether oxygens (including phenoxy) is 1. The van der Waals surface area contributed by atoms with Crippen molar-refractivity contribution in [3.8, 4) is 5.75 Å². The van der Waals surface area contributed by atoms with Crippen LogP contribution < -0.4 is 21.7 Å². The van der Waals surface area contributed by atoms with Gasteiger partial charge in [0.1, 0.15) is 18.2 Å². The Morgan fingerprint density at radius 2 is 1.89 bits per heavy atom. The minimum absolute atomic E-state index is 0. The van der Waals surface area contributed by atoms with Gasteiger partial charge in [-0.3, -0.25) is 0 Å². The van der Waals surface area contributed by atoms with E-state index in [-0.39, 0.29) is 52.2 Å². The predicted octanol–water partition coefficient (Wildman–Crippen LogP) is 0.276. The molecule has 0 saturated heterocycles. The van der Waals surface area contributed by atoms with Crippen LogP contribution in [0.4, 0.5) is 8.78 Å². The van der Waals surface area contributed by atoms with Crippen molar-refractivity contribution in [1.82, 2.24) is 0 Å². The van der Waals surface area contributed by atoms with E-state index in [0.717, 1.165) is 23.8 Å². The van der Waals surface area contributed by atoms with E-state index in [2.05, 4.69) is 6.07 Å². The Hall–Kier alpha value is -0.654. The first-order chi connectivity index (χ1) is 8.15. The molecule has 0 aliphatic rings. The van der Waals surface area contributed by atoms with Gasteiger partial charge in [0.15, 0.2) is 0 Å². The Bertz CT molecular complexity index is 535. The van der Waals surface area contributed by atoms with E-state index in [9.17, 15) is 8.78 Å². The van der Waals surface area contributed by atoms with Crippen LogP contribution >= 0.6 is 0 Å². The molecule has 1 nitrogen and oxygen atoms in total. The fourth-order valence-corrected chi connectivity index (χ4v) is 1.46. The van der Waals surface area contributed by atoms with Gasteiger partial charge >= 0.3 is 23.1 Å². The smallest absolute Gasteiger partial charge is 1.00 e. The first-order valence-electron chi connectivity index (χ1n) is 5.20. The third-order valence-corrected chi connectivity index (χ3v) is 2.32. The van der Waals surface area contributed by atoms with Crippen molar-refractivity contribution in [3.05, 3.63) is 65.2 Å². The number of rotatable bonds is 3. The zero-order valence-corrected chi connectivity index (χ0v) is 13.4. The van der Waals surface area contributed by atoms with Crippen LogP contribution in [-0.2, 0) is 6.61 Å². The van der Waals surface area contributed by atoms with Gasteiger partial charge in [0.2, 0.25) is 0 Å². The number of benzene rings is 2. The van der Waals surface area contributed by atoms with Crippen LogP contribution in [0.15, 0.2) is 36.4 Å². The molecule has 0 spiro atoms. The molecule has 0 radical (unpaired) electrons. The van der Waals surface area contributed by atoms with Crippen LogP contribution in [-0.4, -0.2) is 23.1 Å². The SMILES string of the molecule is Cc1[c-]ccc(OCc2cc(F)ccc2F)c1.[Br-].[Mg+2]. The first kappa shape index (κ1) is 18.3. The van der Waals surface area contributed by atoms with Gasteiger partial charge in [0.25, 0.3) is 0 Å². The summed E-state index contributed by atoms with van der Waals surface area (Å²) >= 11 is 0. The molecule has 0 aliphatic heterocycles. The Morgan fingerprint density at radius 3 is 2.58 bits per heavy atom. The average Bonchev–Trinajstić information content (AvgIpc) is 2.30. The predicted molar refractivity (Wildman–Crippen MR) is 66.5 cm³/mol. The molecule has 0 bridgehead atoms. The zero-order chi connectivity index (χ0) is 12.3. The van der Waals surface area contributed by atoms with Gasteiger partial charge in [-0.05, 0) is 18.2 Å². The Labute approximate surface area is 137 Å². The second-order valence-corrected chi connectivity index (χ2v) is 3.73. The third-order valence-electron chi connectivity index (χ3n) is 2.32. The van der Waals surface area contributed by atoms with E-state index >= 15 is 0 Å². The second kappa shape index (κ2) is 8.50. The molecule has 0 saturated carbocycles. The normalized spacial score (nSPS) is 9.21. The molecular formula is C14H11BrF2MgO. The van der Waals surface area contributed by atoms with Crippen LogP contribution in [0.2, 0.25) is 0 Å². The van der Waals surface area contributed by atoms with Crippen LogP contribution in [0.1, 0.15) is 11.1 Å². The van der Waals surface area contributed by atoms with Crippen molar-refractivity contribution < 1.29 is 30.5 Å². The van der Waals surface area contributed by atoms with Crippen molar-refractivity contribution in [1.29, 1.82) is 0 Å². The van der Waals surface area contributed by atoms with Gasteiger partial charge in [0, 0.05) is 11.3 Å². The molecule has 19 heavy (non-hydrogen) atoms. The summed E-state index contributed by atoms with van der Waals surface area (Å²) in [4.78, 5) is 0. The summed E-state index contributed by atoms with van der Waals surface area (Å²) in [6, 6.07) is 11.5. The van der Waals surface area contributed by atoms with Gasteiger partial charge in [-0.25, -0.2) is 8.78 Å². The fraction of sp³-hybridized carbons (Fsp3) is 0.143. The molecule has 5 heteroatoms. The van der Waals surface area contributed by atoms with Crippen molar-refractivity contribution in [2.75, 3.05) is 0 Å². The van der Waals surface area contributed by atoms with Crippen molar-refractivity contribution in [3.63, 3.8) is 0 Å². The monoisotopic (exact) mass is 336 g/mol. The molecule has 0 aliphatic carbocycles. The first-order valence-corrected chi connectivity index (χ1v) is 5.20. The van der Waals surface area contributed by atoms with Gasteiger partial charge in [0.05, 0.1) is 0 Å². The number of aryl methyl sites for hydroxylation is 1. The average molecular weight is 337 g/mol. The van der Waals surface area contributed by atoms with E-state index in [4.69, 9.17) is 4.74 Å². The molecule has 0 fully saturated rings. The number of hydrogen-bond donors (Lipinski definition) is 0. The maximum Gasteiger partial charge on any atom is 2.00 e. The second-order valence-electron chi connectivity index (χ2n) is 3.73. The standard InChI is InChI=1S/C14H11F2O.BrH.Mg/c1-10-3-2-4-13(7-10)17-9-11-8-12(15)5-6-14(11)16;;/h2,4-8H,9H2,1H3;1H;/q-1;;+2/p-1. The molecule has 0 heterocycles. The van der Waals surface area contributed by atoms with Crippen LogP contribution in [0.5, 0.6) is 5.75 Å². The molecule has 2 aromatic carbocycles. The summed E-state index contributed by atoms with van der Waals surface area (Å²) in [6.45, 7) is 1.89. The van der Waals surface area contributed by atoms with Crippen molar-refractivity contribution in [2.45, 2.75) is 13.5 Å². The molecule has 0 aromatic heterocycles. The van der Waals surface area contributed by atoms with Crippen LogP contribution in [0, 0.1) is 24.6 Å². The van der Waals surface area contributed by atoms with Gasteiger partial charge in [-0.15, -0.1) is 12.1 Å². The van der Waals surface area contributed by atoms with E-state index < -0.39 is 11.6 Å². The molecular weight excluding hydrogens is 326 g/mol. The molecule has 96 valence electrons. The minimum Gasteiger partial charge on any atom is -1.00 e. The number of hydrogen-bond acceptors (Lipinski definition) is 1. The Kier molecular flexibility index (Phi) is 8.21. The van der Waals surface area contributed by atoms with E-state index in [1.165, 1.54) is 0 Å². The topological polar surface area (TPSA) is 9.23 Å². The summed E-state index contributed by atoms with van der Waals surface area (Å²) in [5.74, 6) is -0.321. The van der Waals surface area contributed by atoms with E-state index in [0.29, 0.717) is 5.75 Å².